The largest absolute Gasteiger partial charge is 0.341 e. The summed E-state index contributed by atoms with van der Waals surface area (Å²) in [5.74, 6) is 1.38. The molecule has 2 aromatic carbocycles. The Morgan fingerprint density at radius 1 is 1.13 bits per heavy atom. The Labute approximate surface area is 182 Å². The predicted octanol–water partition coefficient (Wildman–Crippen LogP) is 5.10. The van der Waals surface area contributed by atoms with E-state index in [9.17, 15) is 4.79 Å². The van der Waals surface area contributed by atoms with Crippen LogP contribution in [0.25, 0.3) is 11.4 Å². The van der Waals surface area contributed by atoms with Crippen LogP contribution in [0.1, 0.15) is 42.7 Å². The maximum absolute atomic E-state index is 13.1. The highest BCUT2D eigenvalue weighted by Gasteiger charge is 2.27. The molecule has 1 saturated carbocycles. The van der Waals surface area contributed by atoms with Crippen molar-refractivity contribution in [3.63, 3.8) is 0 Å². The van der Waals surface area contributed by atoms with Crippen molar-refractivity contribution >= 4 is 18.1 Å². The summed E-state index contributed by atoms with van der Waals surface area (Å²) in [5.41, 5.74) is 3.52. The molecule has 4 rings (SSSR count). The Balaban J connectivity index is 1.43. The Hall–Kier alpha value is -2.73. The number of hydrogen-bond acceptors (Lipinski definition) is 3. The monoisotopic (exact) mass is 420 g/mol. The van der Waals surface area contributed by atoms with Crippen molar-refractivity contribution in [2.24, 2.45) is 0 Å². The van der Waals surface area contributed by atoms with Crippen LogP contribution in [-0.2, 0) is 11.3 Å². The minimum atomic E-state index is 0.0737. The number of aromatic nitrogens is 3. The van der Waals surface area contributed by atoms with E-state index in [4.69, 9.17) is 12.2 Å². The number of carbonyl (C=O) groups excluding carboxylic acids is 1. The van der Waals surface area contributed by atoms with Crippen molar-refractivity contribution in [2.45, 2.75) is 51.1 Å². The molecule has 1 heterocycles. The molecule has 0 atom stereocenters. The highest BCUT2D eigenvalue weighted by molar-refractivity contribution is 7.71. The quantitative estimate of drug-likeness (QED) is 0.584. The average molecular weight is 421 g/mol. The van der Waals surface area contributed by atoms with E-state index in [2.05, 4.69) is 46.6 Å². The first-order valence-electron chi connectivity index (χ1n) is 10.6. The Morgan fingerprint density at radius 2 is 1.87 bits per heavy atom. The molecule has 0 saturated heterocycles. The molecule has 0 aliphatic heterocycles. The van der Waals surface area contributed by atoms with Crippen LogP contribution in [-0.4, -0.2) is 38.7 Å². The summed E-state index contributed by atoms with van der Waals surface area (Å²) in [6.07, 6.45) is 4.30. The maximum atomic E-state index is 13.1. The lowest BCUT2D eigenvalue weighted by Gasteiger charge is -2.35. The smallest absolute Gasteiger partial charge is 0.242 e. The molecule has 1 aromatic heterocycles. The molecule has 1 aliphatic carbocycles. The van der Waals surface area contributed by atoms with E-state index in [0.717, 1.165) is 36.8 Å². The Kier molecular flexibility index (Phi) is 6.13. The number of nitrogens with zero attached hydrogens (tertiary/aromatic N) is 3. The Bertz CT molecular complexity index is 1060. The van der Waals surface area contributed by atoms with Gasteiger partial charge in [-0.15, -0.1) is 0 Å². The SMILES string of the molecule is Cc1cccc(-c2n[nH]c(=S)n2CC(=O)N(C)C2CCC(c3ccccc3)CC2)c1. The van der Waals surface area contributed by atoms with Gasteiger partial charge >= 0.3 is 0 Å². The molecular formula is C24H28N4OS. The molecule has 1 fully saturated rings. The summed E-state index contributed by atoms with van der Waals surface area (Å²) in [7, 11) is 1.92. The van der Waals surface area contributed by atoms with E-state index in [1.165, 1.54) is 5.56 Å². The van der Waals surface area contributed by atoms with Crippen molar-refractivity contribution in [3.8, 4) is 11.4 Å². The highest BCUT2D eigenvalue weighted by Crippen LogP contribution is 2.34. The lowest BCUT2D eigenvalue weighted by Crippen LogP contribution is -2.41. The second-order valence-electron chi connectivity index (χ2n) is 8.23. The third kappa shape index (κ3) is 4.38. The minimum Gasteiger partial charge on any atom is -0.341 e. The zero-order valence-corrected chi connectivity index (χ0v) is 18.4. The van der Waals surface area contributed by atoms with Gasteiger partial charge in [0.25, 0.3) is 0 Å². The van der Waals surface area contributed by atoms with Crippen LogP contribution < -0.4 is 0 Å². The van der Waals surface area contributed by atoms with E-state index >= 15 is 0 Å². The first-order chi connectivity index (χ1) is 14.5. The number of likely N-dealkylation sites (N-methyl/N-ethyl adjacent to an activating group) is 1. The first kappa shape index (κ1) is 20.5. The number of hydrogen-bond donors (Lipinski definition) is 1. The van der Waals surface area contributed by atoms with Crippen LogP contribution in [0.4, 0.5) is 0 Å². The molecule has 0 spiro atoms. The van der Waals surface area contributed by atoms with Crippen molar-refractivity contribution in [2.75, 3.05) is 7.05 Å². The molecule has 5 nitrogen and oxygen atoms in total. The molecule has 1 N–H and O–H groups in total. The molecule has 3 aromatic rings. The maximum Gasteiger partial charge on any atom is 0.242 e. The van der Waals surface area contributed by atoms with Crippen LogP contribution in [0.15, 0.2) is 54.6 Å². The molecule has 0 radical (unpaired) electrons. The molecule has 1 amide bonds. The lowest BCUT2D eigenvalue weighted by atomic mass is 9.81. The number of aryl methyl sites for hydroxylation is 1. The topological polar surface area (TPSA) is 53.9 Å². The fourth-order valence-electron chi connectivity index (χ4n) is 4.44. The number of carbonyl (C=O) groups is 1. The average Bonchev–Trinajstić information content (AvgIpc) is 3.14. The van der Waals surface area contributed by atoms with Crippen LogP contribution in [0, 0.1) is 11.7 Å². The Morgan fingerprint density at radius 3 is 2.57 bits per heavy atom. The molecule has 156 valence electrons. The van der Waals surface area contributed by atoms with Gasteiger partial charge in [-0.25, -0.2) is 0 Å². The molecule has 0 bridgehead atoms. The second kappa shape index (κ2) is 8.96. The number of nitrogens with one attached hydrogen (secondary N) is 1. The summed E-state index contributed by atoms with van der Waals surface area (Å²) in [4.78, 5) is 15.0. The summed E-state index contributed by atoms with van der Waals surface area (Å²) < 4.78 is 2.28. The zero-order valence-electron chi connectivity index (χ0n) is 17.5. The van der Waals surface area contributed by atoms with Crippen molar-refractivity contribution in [1.29, 1.82) is 0 Å². The van der Waals surface area contributed by atoms with E-state index < -0.39 is 0 Å². The number of aromatic amines is 1. The van der Waals surface area contributed by atoms with Gasteiger partial charge in [0.2, 0.25) is 5.91 Å². The number of H-pyrrole nitrogens is 1. The summed E-state index contributed by atoms with van der Waals surface area (Å²) in [5, 5.41) is 7.22. The van der Waals surface area contributed by atoms with Gasteiger partial charge in [0, 0.05) is 18.7 Å². The van der Waals surface area contributed by atoms with E-state index in [1.54, 1.807) is 4.57 Å². The van der Waals surface area contributed by atoms with Crippen LogP contribution in [0.5, 0.6) is 0 Å². The normalized spacial score (nSPS) is 18.9. The molecule has 30 heavy (non-hydrogen) atoms. The first-order valence-corrected chi connectivity index (χ1v) is 11.0. The van der Waals surface area contributed by atoms with Gasteiger partial charge in [0.05, 0.1) is 0 Å². The van der Waals surface area contributed by atoms with Crippen LogP contribution >= 0.6 is 12.2 Å². The van der Waals surface area contributed by atoms with E-state index in [0.29, 0.717) is 16.5 Å². The second-order valence-corrected chi connectivity index (χ2v) is 8.62. The standard InChI is InChI=1S/C24H28N4OS/c1-17-7-6-10-20(15-17)23-25-26-24(30)28(23)16-22(29)27(2)21-13-11-19(12-14-21)18-8-4-3-5-9-18/h3-10,15,19,21H,11-14,16H2,1-2H3,(H,26,30). The van der Waals surface area contributed by atoms with E-state index in [-0.39, 0.29) is 18.5 Å². The van der Waals surface area contributed by atoms with Gasteiger partial charge in [0.15, 0.2) is 10.6 Å². The highest BCUT2D eigenvalue weighted by atomic mass is 32.1. The predicted molar refractivity (Wildman–Crippen MR) is 122 cm³/mol. The fourth-order valence-corrected chi connectivity index (χ4v) is 4.64. The van der Waals surface area contributed by atoms with Crippen molar-refractivity contribution in [3.05, 3.63) is 70.5 Å². The van der Waals surface area contributed by atoms with Gasteiger partial charge in [-0.2, -0.15) is 5.10 Å². The van der Waals surface area contributed by atoms with Crippen molar-refractivity contribution in [1.82, 2.24) is 19.7 Å². The van der Waals surface area contributed by atoms with Gasteiger partial charge < -0.3 is 4.90 Å². The van der Waals surface area contributed by atoms with Gasteiger partial charge in [-0.3, -0.25) is 14.5 Å². The number of rotatable bonds is 5. The number of amides is 1. The van der Waals surface area contributed by atoms with Crippen LogP contribution in [0.2, 0.25) is 0 Å². The fraction of sp³-hybridized carbons (Fsp3) is 0.375. The molecule has 0 unspecified atom stereocenters. The third-order valence-electron chi connectivity index (χ3n) is 6.24. The molecule has 1 aliphatic rings. The summed E-state index contributed by atoms with van der Waals surface area (Å²) in [6.45, 7) is 2.24. The minimum absolute atomic E-state index is 0.0737. The van der Waals surface area contributed by atoms with Crippen molar-refractivity contribution < 1.29 is 4.79 Å². The van der Waals surface area contributed by atoms with Gasteiger partial charge in [-0.05, 0) is 62.4 Å². The van der Waals surface area contributed by atoms with E-state index in [1.807, 2.05) is 37.1 Å². The molecule has 6 heteroatoms. The summed E-state index contributed by atoms with van der Waals surface area (Å²) >= 11 is 5.41. The van der Waals surface area contributed by atoms with Gasteiger partial charge in [-0.1, -0.05) is 54.1 Å². The van der Waals surface area contributed by atoms with Gasteiger partial charge in [0.1, 0.15) is 6.54 Å². The van der Waals surface area contributed by atoms with Crippen LogP contribution in [0.3, 0.4) is 0 Å². The third-order valence-corrected chi connectivity index (χ3v) is 6.55. The number of benzene rings is 2. The zero-order chi connectivity index (χ0) is 21.1. The lowest BCUT2D eigenvalue weighted by molar-refractivity contribution is -0.133. The molecular weight excluding hydrogens is 392 g/mol. The summed E-state index contributed by atoms with van der Waals surface area (Å²) in [6, 6.07) is 19.1.